The van der Waals surface area contributed by atoms with Gasteiger partial charge in [-0.15, -0.1) is 6.26 Å². The number of Topliss-reactive ketones (excluding diaryl/α,β-unsaturated/α-hetero) is 2. The monoisotopic (exact) mass is 447 g/mol. The third kappa shape index (κ3) is 83.0. The molecule has 0 bridgehead atoms. The van der Waals surface area contributed by atoms with Crippen molar-refractivity contribution in [1.29, 1.82) is 0 Å². The van der Waals surface area contributed by atoms with E-state index in [0.717, 1.165) is 0 Å². The minimum absolute atomic E-state index is 0. The number of carbonyl (C=O) groups excluding carboxylic acids is 2. The minimum atomic E-state index is -10.7. The zero-order valence-corrected chi connectivity index (χ0v) is 15.1. The summed E-state index contributed by atoms with van der Waals surface area (Å²) in [5, 5.41) is 9.91. The number of carbonyl (C=O) groups is 2. The SMILES string of the molecule is CC(=O)C(=C[O-])C(C)=O.F[P-](F)(F)(F)(F)F.[Co+3].[NH-]CC[NH-].[NH-]CC[NH-]. The molecular weight excluding hydrogens is 428 g/mol. The Morgan fingerprint density at radius 3 is 0.960 bits per heavy atom. The molecule has 0 aromatic rings. The van der Waals surface area contributed by atoms with Gasteiger partial charge in [0.25, 0.3) is 0 Å². The summed E-state index contributed by atoms with van der Waals surface area (Å²) in [5.74, 6) is -0.949. The van der Waals surface area contributed by atoms with Crippen molar-refractivity contribution in [3.63, 3.8) is 0 Å². The molecule has 15 heteroatoms. The van der Waals surface area contributed by atoms with Crippen LogP contribution in [0.2, 0.25) is 0 Å². The molecule has 0 aliphatic carbocycles. The first-order chi connectivity index (χ1) is 10.4. The molecule has 0 saturated carbocycles. The fourth-order valence-electron chi connectivity index (χ4n) is 0.414. The predicted octanol–water partition coefficient (Wildman–Crippen LogP) is 4.97. The fraction of sp³-hybridized carbons (Fsp3) is 0.600. The fourth-order valence-corrected chi connectivity index (χ4v) is 0.414. The Morgan fingerprint density at radius 2 is 0.960 bits per heavy atom. The summed E-state index contributed by atoms with van der Waals surface area (Å²) in [6, 6.07) is 0. The molecule has 0 atom stereocenters. The van der Waals surface area contributed by atoms with Crippen LogP contribution in [0.5, 0.6) is 0 Å². The first kappa shape index (κ1) is 35.4. The largest absolute Gasteiger partial charge is 3.00 e. The summed E-state index contributed by atoms with van der Waals surface area (Å²) in [4.78, 5) is 20.7. The van der Waals surface area contributed by atoms with Crippen LogP contribution >= 0.6 is 7.81 Å². The maximum atomic E-state index is 10.3. The molecule has 0 rings (SSSR count). The molecule has 0 amide bonds. The van der Waals surface area contributed by atoms with Crippen molar-refractivity contribution in [1.82, 2.24) is 0 Å². The first-order valence-electron chi connectivity index (χ1n) is 5.86. The third-order valence-corrected chi connectivity index (χ3v) is 1.13. The number of rotatable bonds is 4. The number of hydrogen-bond donors (Lipinski definition) is 0. The second-order valence-corrected chi connectivity index (χ2v) is 5.52. The molecule has 0 aliphatic heterocycles. The predicted molar refractivity (Wildman–Crippen MR) is 79.8 cm³/mol. The van der Waals surface area contributed by atoms with Gasteiger partial charge in [-0.05, 0) is 13.8 Å². The Bertz CT molecular complexity index is 370. The molecular formula is C10H19CoF6N4O3P-3. The zero-order chi connectivity index (χ0) is 20.7. The second-order valence-electron chi connectivity index (χ2n) is 3.60. The van der Waals surface area contributed by atoms with E-state index in [1.165, 1.54) is 13.8 Å². The van der Waals surface area contributed by atoms with Gasteiger partial charge < -0.3 is 28.0 Å². The van der Waals surface area contributed by atoms with Gasteiger partial charge in [0, 0.05) is 5.57 Å². The average Bonchev–Trinajstić information content (AvgIpc) is 2.35. The summed E-state index contributed by atoms with van der Waals surface area (Å²) < 4.78 is 59.2. The van der Waals surface area contributed by atoms with Crippen molar-refractivity contribution >= 4 is 19.4 Å². The van der Waals surface area contributed by atoms with E-state index in [1.807, 2.05) is 0 Å². The van der Waals surface area contributed by atoms with Crippen molar-refractivity contribution in [2.45, 2.75) is 13.8 Å². The number of ketones is 2. The summed E-state index contributed by atoms with van der Waals surface area (Å²) in [6.45, 7) is 3.32. The van der Waals surface area contributed by atoms with Crippen LogP contribution in [0.25, 0.3) is 22.9 Å². The Kier molecular flexibility index (Phi) is 20.4. The quantitative estimate of drug-likeness (QED) is 0.149. The molecule has 25 heavy (non-hydrogen) atoms. The number of hydrogen-bond acceptors (Lipinski definition) is 3. The van der Waals surface area contributed by atoms with E-state index in [2.05, 4.69) is 0 Å². The van der Waals surface area contributed by atoms with Gasteiger partial charge in [0.15, 0.2) is 11.6 Å². The molecule has 0 fully saturated rings. The van der Waals surface area contributed by atoms with E-state index in [0.29, 0.717) is 0 Å². The molecule has 0 radical (unpaired) electrons. The maximum absolute atomic E-state index is 10.7. The summed E-state index contributed by atoms with van der Waals surface area (Å²) >= 11 is 0. The number of nitrogens with one attached hydrogen (secondary N) is 4. The van der Waals surface area contributed by atoms with Crippen LogP contribution in [0.3, 0.4) is 0 Å². The van der Waals surface area contributed by atoms with Crippen molar-refractivity contribution in [3.05, 3.63) is 34.8 Å². The summed E-state index contributed by atoms with van der Waals surface area (Å²) in [7, 11) is -10.7. The van der Waals surface area contributed by atoms with Gasteiger partial charge in [0.2, 0.25) is 0 Å². The Hall–Kier alpha value is -0.764. The zero-order valence-electron chi connectivity index (χ0n) is 13.2. The molecule has 0 unspecified atom stereocenters. The minimum Gasteiger partial charge on any atom is -0.679 e. The summed E-state index contributed by atoms with van der Waals surface area (Å²) in [5.41, 5.74) is 24.8. The van der Waals surface area contributed by atoms with Gasteiger partial charge in [-0.25, -0.2) is 0 Å². The topological polar surface area (TPSA) is 152 Å². The van der Waals surface area contributed by atoms with E-state index >= 15 is 0 Å². The van der Waals surface area contributed by atoms with Gasteiger partial charge in [0.05, 0.1) is 0 Å². The van der Waals surface area contributed by atoms with Gasteiger partial charge in [-0.2, -0.15) is 26.2 Å². The van der Waals surface area contributed by atoms with Crippen LogP contribution in [0.4, 0.5) is 25.2 Å². The van der Waals surface area contributed by atoms with Crippen LogP contribution in [-0.2, 0) is 26.4 Å². The number of halogens is 6. The Labute approximate surface area is 151 Å². The van der Waals surface area contributed by atoms with Gasteiger partial charge in [0.1, 0.15) is 0 Å². The molecule has 0 heterocycles. The summed E-state index contributed by atoms with van der Waals surface area (Å²) in [6.07, 6.45) is 0.282. The normalized spacial score (nSPS) is 11.8. The van der Waals surface area contributed by atoms with Gasteiger partial charge in [-0.1, -0.05) is 0 Å². The van der Waals surface area contributed by atoms with E-state index in [1.54, 1.807) is 0 Å². The van der Waals surface area contributed by atoms with Crippen LogP contribution < -0.4 is 5.11 Å². The van der Waals surface area contributed by atoms with Gasteiger partial charge in [-0.3, -0.25) is 9.59 Å². The molecule has 0 aromatic carbocycles. The van der Waals surface area contributed by atoms with Crippen molar-refractivity contribution in [2.75, 3.05) is 26.2 Å². The molecule has 4 N–H and O–H groups in total. The van der Waals surface area contributed by atoms with E-state index in [4.69, 9.17) is 22.9 Å². The molecule has 0 saturated heterocycles. The van der Waals surface area contributed by atoms with Gasteiger partial charge >= 0.3 is 49.8 Å². The molecule has 7 nitrogen and oxygen atoms in total. The van der Waals surface area contributed by atoms with Crippen molar-refractivity contribution in [3.8, 4) is 0 Å². The van der Waals surface area contributed by atoms with Crippen LogP contribution in [-0.4, -0.2) is 37.7 Å². The standard InChI is InChI=1S/C6H8O3.2C2H6N2.Co.F6P/c1-4(8)6(3-7)5(2)9;2*3-1-2-4;;1-7(2,3,4,5)6/h3,7H,1-2H3;2*3-4H,1-2H2;;/q;2*-2;+3;-1/p-1. The first-order valence-corrected chi connectivity index (χ1v) is 7.89. The molecule has 156 valence electrons. The number of allylic oxidation sites excluding steroid dienone is 1. The third-order valence-electron chi connectivity index (χ3n) is 1.13. The van der Waals surface area contributed by atoms with Crippen LogP contribution in [0, 0.1) is 0 Å². The smallest absolute Gasteiger partial charge is 0.679 e. The van der Waals surface area contributed by atoms with Crippen molar-refractivity contribution in [2.24, 2.45) is 0 Å². The average molecular weight is 447 g/mol. The Morgan fingerprint density at radius 1 is 0.800 bits per heavy atom. The maximum Gasteiger partial charge on any atom is 3.00 e. The van der Waals surface area contributed by atoms with E-state index < -0.39 is 19.4 Å². The Balaban J connectivity index is -0.0000000746. The second kappa shape index (κ2) is 14.4. The van der Waals surface area contributed by atoms with Crippen LogP contribution in [0.15, 0.2) is 11.8 Å². The molecule has 0 spiro atoms. The van der Waals surface area contributed by atoms with Crippen LogP contribution in [0.1, 0.15) is 13.8 Å². The molecule has 0 aromatic heterocycles. The van der Waals surface area contributed by atoms with Crippen molar-refractivity contribution < 1.29 is 56.7 Å². The van der Waals surface area contributed by atoms with E-state index in [-0.39, 0.29) is 54.8 Å². The molecule has 0 aliphatic rings. The van der Waals surface area contributed by atoms with E-state index in [9.17, 15) is 39.9 Å².